The summed E-state index contributed by atoms with van der Waals surface area (Å²) in [6.07, 6.45) is -4.31. The fraction of sp³-hybridized carbons (Fsp3) is 0.250. The molecule has 0 bridgehead atoms. The van der Waals surface area contributed by atoms with E-state index < -0.39 is 11.7 Å². The van der Waals surface area contributed by atoms with Crippen LogP contribution in [0.5, 0.6) is 0 Å². The number of anilines is 1. The second-order valence-electron chi connectivity index (χ2n) is 2.44. The van der Waals surface area contributed by atoms with Gasteiger partial charge in [0, 0.05) is 17.2 Å². The maximum Gasteiger partial charge on any atom is 0.417 e. The molecule has 0 unspecified atom stereocenters. The molecule has 0 aliphatic rings. The van der Waals surface area contributed by atoms with Gasteiger partial charge in [0.05, 0.1) is 5.56 Å². The molecule has 0 saturated heterocycles. The molecule has 0 aliphatic carbocycles. The van der Waals surface area contributed by atoms with E-state index >= 15 is 0 Å². The molecule has 0 saturated carbocycles. The van der Waals surface area contributed by atoms with E-state index in [9.17, 15) is 13.2 Å². The summed E-state index contributed by atoms with van der Waals surface area (Å²) in [6.45, 7) is 0. The fourth-order valence-corrected chi connectivity index (χ4v) is 1.37. The summed E-state index contributed by atoms with van der Waals surface area (Å²) in [5.74, 6) is 0. The molecule has 72 valence electrons. The SMILES string of the molecule is CNc1ccc(Br)c(C(F)(F)F)c1. The van der Waals surface area contributed by atoms with Gasteiger partial charge in [-0.15, -0.1) is 0 Å². The smallest absolute Gasteiger partial charge is 0.388 e. The van der Waals surface area contributed by atoms with Gasteiger partial charge in [-0.05, 0) is 18.2 Å². The monoisotopic (exact) mass is 253 g/mol. The lowest BCUT2D eigenvalue weighted by Gasteiger charge is -2.10. The van der Waals surface area contributed by atoms with Crippen LogP contribution in [0.15, 0.2) is 22.7 Å². The van der Waals surface area contributed by atoms with Gasteiger partial charge in [0.2, 0.25) is 0 Å². The largest absolute Gasteiger partial charge is 0.417 e. The van der Waals surface area contributed by atoms with Gasteiger partial charge in [0.1, 0.15) is 0 Å². The molecule has 1 rings (SSSR count). The number of alkyl halides is 3. The molecule has 0 heterocycles. The van der Waals surface area contributed by atoms with Crippen LogP contribution in [0.1, 0.15) is 5.56 Å². The van der Waals surface area contributed by atoms with E-state index in [2.05, 4.69) is 21.2 Å². The van der Waals surface area contributed by atoms with Crippen molar-refractivity contribution in [2.24, 2.45) is 0 Å². The van der Waals surface area contributed by atoms with Gasteiger partial charge in [-0.1, -0.05) is 15.9 Å². The van der Waals surface area contributed by atoms with Crippen molar-refractivity contribution < 1.29 is 13.2 Å². The number of nitrogens with one attached hydrogen (secondary N) is 1. The summed E-state index contributed by atoms with van der Waals surface area (Å²) in [7, 11) is 1.57. The van der Waals surface area contributed by atoms with Crippen LogP contribution in [-0.2, 0) is 6.18 Å². The fourth-order valence-electron chi connectivity index (χ4n) is 0.898. The van der Waals surface area contributed by atoms with E-state index in [1.54, 1.807) is 13.1 Å². The number of hydrogen-bond donors (Lipinski definition) is 1. The Morgan fingerprint density at radius 2 is 1.92 bits per heavy atom. The third kappa shape index (κ3) is 2.37. The first kappa shape index (κ1) is 10.4. The molecule has 5 heteroatoms. The normalized spacial score (nSPS) is 11.5. The zero-order valence-electron chi connectivity index (χ0n) is 6.74. The van der Waals surface area contributed by atoms with Crippen molar-refractivity contribution in [2.75, 3.05) is 12.4 Å². The topological polar surface area (TPSA) is 12.0 Å². The van der Waals surface area contributed by atoms with Crippen molar-refractivity contribution >= 4 is 21.6 Å². The van der Waals surface area contributed by atoms with Crippen molar-refractivity contribution in [1.29, 1.82) is 0 Å². The standard InChI is InChI=1S/C8H7BrF3N/c1-13-5-2-3-7(9)6(4-5)8(10,11)12/h2-4,13H,1H3. The molecule has 0 spiro atoms. The Hall–Kier alpha value is -0.710. The summed E-state index contributed by atoms with van der Waals surface area (Å²) >= 11 is 2.85. The highest BCUT2D eigenvalue weighted by atomic mass is 79.9. The highest BCUT2D eigenvalue weighted by Crippen LogP contribution is 2.36. The lowest BCUT2D eigenvalue weighted by molar-refractivity contribution is -0.138. The van der Waals surface area contributed by atoms with Crippen LogP contribution in [0.4, 0.5) is 18.9 Å². The van der Waals surface area contributed by atoms with Gasteiger partial charge < -0.3 is 5.32 Å². The van der Waals surface area contributed by atoms with Gasteiger partial charge in [-0.2, -0.15) is 13.2 Å². The summed E-state index contributed by atoms with van der Waals surface area (Å²) in [6, 6.07) is 4.00. The molecule has 0 aromatic heterocycles. The molecule has 1 nitrogen and oxygen atoms in total. The molecule has 0 amide bonds. The lowest BCUT2D eigenvalue weighted by Crippen LogP contribution is -2.06. The van der Waals surface area contributed by atoms with E-state index in [4.69, 9.17) is 0 Å². The van der Waals surface area contributed by atoms with Crippen molar-refractivity contribution in [3.8, 4) is 0 Å². The highest BCUT2D eigenvalue weighted by Gasteiger charge is 2.32. The maximum absolute atomic E-state index is 12.3. The Kier molecular flexibility index (Phi) is 2.85. The summed E-state index contributed by atoms with van der Waals surface area (Å²) in [5.41, 5.74) is -0.227. The molecule has 0 radical (unpaired) electrons. The van der Waals surface area contributed by atoms with Crippen LogP contribution in [0.3, 0.4) is 0 Å². The van der Waals surface area contributed by atoms with Crippen molar-refractivity contribution in [3.05, 3.63) is 28.2 Å². The van der Waals surface area contributed by atoms with E-state index in [0.717, 1.165) is 6.07 Å². The van der Waals surface area contributed by atoms with Gasteiger partial charge in [0.15, 0.2) is 0 Å². The molecule has 1 aromatic rings. The number of rotatable bonds is 1. The van der Waals surface area contributed by atoms with Gasteiger partial charge in [-0.3, -0.25) is 0 Å². The van der Waals surface area contributed by atoms with Crippen LogP contribution in [-0.4, -0.2) is 7.05 Å². The number of hydrogen-bond acceptors (Lipinski definition) is 1. The van der Waals surface area contributed by atoms with Crippen LogP contribution in [0.25, 0.3) is 0 Å². The summed E-state index contributed by atoms with van der Waals surface area (Å²) < 4.78 is 37.0. The van der Waals surface area contributed by atoms with Crippen LogP contribution in [0, 0.1) is 0 Å². The third-order valence-electron chi connectivity index (χ3n) is 1.56. The minimum atomic E-state index is -4.31. The number of benzene rings is 1. The first-order valence-electron chi connectivity index (χ1n) is 3.49. The molecule has 0 aliphatic heterocycles. The molecule has 13 heavy (non-hydrogen) atoms. The Bertz CT molecular complexity index is 309. The Morgan fingerprint density at radius 1 is 1.31 bits per heavy atom. The average Bonchev–Trinajstić information content (AvgIpc) is 2.03. The van der Waals surface area contributed by atoms with Gasteiger partial charge in [-0.25, -0.2) is 0 Å². The third-order valence-corrected chi connectivity index (χ3v) is 2.25. The van der Waals surface area contributed by atoms with Crippen molar-refractivity contribution in [2.45, 2.75) is 6.18 Å². The Morgan fingerprint density at radius 3 is 2.38 bits per heavy atom. The van der Waals surface area contributed by atoms with Gasteiger partial charge in [0.25, 0.3) is 0 Å². The first-order chi connectivity index (χ1) is 5.95. The zero-order chi connectivity index (χ0) is 10.1. The quantitative estimate of drug-likeness (QED) is 0.808. The predicted molar refractivity (Wildman–Crippen MR) is 48.7 cm³/mol. The van der Waals surface area contributed by atoms with Gasteiger partial charge >= 0.3 is 6.18 Å². The molecular formula is C8H7BrF3N. The van der Waals surface area contributed by atoms with E-state index in [-0.39, 0.29) is 4.47 Å². The van der Waals surface area contributed by atoms with Crippen molar-refractivity contribution in [3.63, 3.8) is 0 Å². The average molecular weight is 254 g/mol. The maximum atomic E-state index is 12.3. The minimum absolute atomic E-state index is 0.0546. The van der Waals surface area contributed by atoms with Crippen LogP contribution in [0.2, 0.25) is 0 Å². The second-order valence-corrected chi connectivity index (χ2v) is 3.30. The molecule has 1 aromatic carbocycles. The number of halogens is 4. The van der Waals surface area contributed by atoms with Crippen molar-refractivity contribution in [1.82, 2.24) is 0 Å². The molecule has 0 atom stereocenters. The Balaban J connectivity index is 3.19. The zero-order valence-corrected chi connectivity index (χ0v) is 8.33. The molecule has 0 fully saturated rings. The molecule has 1 N–H and O–H groups in total. The summed E-state index contributed by atoms with van der Waals surface area (Å²) in [4.78, 5) is 0. The van der Waals surface area contributed by atoms with Crippen LogP contribution < -0.4 is 5.32 Å². The Labute approximate surface area is 82.1 Å². The van der Waals surface area contributed by atoms with E-state index in [1.165, 1.54) is 6.07 Å². The first-order valence-corrected chi connectivity index (χ1v) is 4.29. The predicted octanol–water partition coefficient (Wildman–Crippen LogP) is 3.51. The lowest BCUT2D eigenvalue weighted by atomic mass is 10.2. The second kappa shape index (κ2) is 3.57. The highest BCUT2D eigenvalue weighted by molar-refractivity contribution is 9.10. The summed E-state index contributed by atoms with van der Waals surface area (Å²) in [5, 5.41) is 2.65. The minimum Gasteiger partial charge on any atom is -0.388 e. The van der Waals surface area contributed by atoms with E-state index in [1.807, 2.05) is 0 Å². The van der Waals surface area contributed by atoms with Crippen LogP contribution >= 0.6 is 15.9 Å². The van der Waals surface area contributed by atoms with E-state index in [0.29, 0.717) is 5.69 Å². The molecular weight excluding hydrogens is 247 g/mol.